The Hall–Kier alpha value is -0.413. The van der Waals surface area contributed by atoms with Gasteiger partial charge >= 0.3 is 0 Å². The lowest BCUT2D eigenvalue weighted by molar-refractivity contribution is -0.131. The Morgan fingerprint density at radius 2 is 1.86 bits per heavy atom. The van der Waals surface area contributed by atoms with Crippen LogP contribution < -0.4 is 0 Å². The standard InChI is InChI=1S/C19H34O2Si/c1-13-10-15-9-8-14(2)16(18(15)17(20)11-13)12-21-22(6,7)19(3,4)5/h8-9,13-16,18H,10-12H2,1-7H3/t13-,14-,15-,16-,18-/m1/s1. The number of hydrogen-bond donors (Lipinski definition) is 0. The van der Waals surface area contributed by atoms with E-state index in [0.29, 0.717) is 29.5 Å². The maximum absolute atomic E-state index is 12.6. The minimum Gasteiger partial charge on any atom is -0.417 e. The molecule has 0 unspecified atom stereocenters. The second kappa shape index (κ2) is 6.24. The molecule has 2 aliphatic carbocycles. The van der Waals surface area contributed by atoms with E-state index in [-0.39, 0.29) is 11.0 Å². The van der Waals surface area contributed by atoms with Crippen molar-refractivity contribution < 1.29 is 9.22 Å². The van der Waals surface area contributed by atoms with Gasteiger partial charge < -0.3 is 4.43 Å². The number of allylic oxidation sites excluding steroid dienone is 2. The van der Waals surface area contributed by atoms with Crippen LogP contribution in [0.1, 0.15) is 47.5 Å². The molecule has 0 radical (unpaired) electrons. The first-order valence-electron chi connectivity index (χ1n) is 8.88. The van der Waals surface area contributed by atoms with E-state index < -0.39 is 8.32 Å². The molecule has 126 valence electrons. The summed E-state index contributed by atoms with van der Waals surface area (Å²) in [4.78, 5) is 12.6. The van der Waals surface area contributed by atoms with Crippen LogP contribution in [-0.2, 0) is 9.22 Å². The third-order valence-electron chi connectivity index (χ3n) is 6.30. The zero-order valence-electron chi connectivity index (χ0n) is 15.5. The molecule has 0 amide bonds. The maximum Gasteiger partial charge on any atom is 0.191 e. The molecule has 0 aromatic rings. The Morgan fingerprint density at radius 3 is 2.45 bits per heavy atom. The number of ketones is 1. The molecule has 2 rings (SSSR count). The maximum atomic E-state index is 12.6. The van der Waals surface area contributed by atoms with Crippen molar-refractivity contribution in [1.29, 1.82) is 0 Å². The summed E-state index contributed by atoms with van der Waals surface area (Å²) in [6, 6.07) is 0. The zero-order valence-corrected chi connectivity index (χ0v) is 16.5. The SMILES string of the molecule is C[C@H]1CC(=O)[C@H]2[C@H](CO[Si](C)(C)C(C)(C)C)[C@H](C)C=C[C@@H]2C1. The van der Waals surface area contributed by atoms with Crippen molar-refractivity contribution in [1.82, 2.24) is 0 Å². The molecule has 0 aliphatic heterocycles. The van der Waals surface area contributed by atoms with Crippen LogP contribution in [-0.4, -0.2) is 20.7 Å². The normalized spacial score (nSPS) is 36.3. The molecule has 1 saturated carbocycles. The fourth-order valence-corrected chi connectivity index (χ4v) is 4.77. The van der Waals surface area contributed by atoms with Crippen LogP contribution >= 0.6 is 0 Å². The van der Waals surface area contributed by atoms with Gasteiger partial charge in [0, 0.05) is 18.9 Å². The van der Waals surface area contributed by atoms with Crippen LogP contribution in [0.25, 0.3) is 0 Å². The molecule has 0 spiro atoms. The molecule has 2 aliphatic rings. The molecule has 0 bridgehead atoms. The Bertz CT molecular complexity index is 447. The highest BCUT2D eigenvalue weighted by molar-refractivity contribution is 6.74. The average molecular weight is 323 g/mol. The van der Waals surface area contributed by atoms with Crippen LogP contribution in [0, 0.1) is 29.6 Å². The highest BCUT2D eigenvalue weighted by Crippen LogP contribution is 2.44. The molecular formula is C19H34O2Si. The number of hydrogen-bond acceptors (Lipinski definition) is 2. The molecule has 0 heterocycles. The Balaban J connectivity index is 2.12. The summed E-state index contributed by atoms with van der Waals surface area (Å²) in [6.45, 7) is 16.7. The van der Waals surface area contributed by atoms with E-state index in [0.717, 1.165) is 19.4 Å². The molecule has 1 fully saturated rings. The lowest BCUT2D eigenvalue weighted by Gasteiger charge is -2.44. The van der Waals surface area contributed by atoms with Gasteiger partial charge in [-0.3, -0.25) is 4.79 Å². The van der Waals surface area contributed by atoms with Gasteiger partial charge in [-0.1, -0.05) is 46.8 Å². The predicted molar refractivity (Wildman–Crippen MR) is 95.3 cm³/mol. The molecule has 2 nitrogen and oxygen atoms in total. The first-order chi connectivity index (χ1) is 10.0. The minimum absolute atomic E-state index is 0.195. The molecule has 22 heavy (non-hydrogen) atoms. The van der Waals surface area contributed by atoms with Crippen molar-refractivity contribution in [2.75, 3.05) is 6.61 Å². The third-order valence-corrected chi connectivity index (χ3v) is 10.8. The van der Waals surface area contributed by atoms with Gasteiger partial charge in [0.2, 0.25) is 0 Å². The molecular weight excluding hydrogens is 288 g/mol. The summed E-state index contributed by atoms with van der Waals surface area (Å²) in [6.07, 6.45) is 6.56. The topological polar surface area (TPSA) is 26.3 Å². The number of carbonyl (C=O) groups is 1. The van der Waals surface area contributed by atoms with Gasteiger partial charge in [0.05, 0.1) is 0 Å². The van der Waals surface area contributed by atoms with E-state index >= 15 is 0 Å². The first kappa shape index (κ1) is 17.9. The van der Waals surface area contributed by atoms with Crippen molar-refractivity contribution in [2.45, 2.75) is 65.6 Å². The van der Waals surface area contributed by atoms with E-state index in [1.165, 1.54) is 0 Å². The van der Waals surface area contributed by atoms with Crippen molar-refractivity contribution in [3.8, 4) is 0 Å². The monoisotopic (exact) mass is 322 g/mol. The average Bonchev–Trinajstić information content (AvgIpc) is 2.36. The largest absolute Gasteiger partial charge is 0.417 e. The first-order valence-corrected chi connectivity index (χ1v) is 11.8. The second-order valence-electron chi connectivity index (χ2n) is 9.18. The quantitative estimate of drug-likeness (QED) is 0.536. The number of fused-ring (bicyclic) bond motifs is 1. The molecule has 0 N–H and O–H groups in total. The van der Waals surface area contributed by atoms with Crippen LogP contribution in [0.15, 0.2) is 12.2 Å². The fourth-order valence-electron chi connectivity index (χ4n) is 3.73. The zero-order chi connectivity index (χ0) is 16.7. The predicted octanol–water partition coefficient (Wildman–Crippen LogP) is 5.06. The van der Waals surface area contributed by atoms with E-state index in [2.05, 4.69) is 59.9 Å². The second-order valence-corrected chi connectivity index (χ2v) is 14.0. The van der Waals surface area contributed by atoms with Gasteiger partial charge in [0.15, 0.2) is 8.32 Å². The smallest absolute Gasteiger partial charge is 0.191 e. The lowest BCUT2D eigenvalue weighted by Crippen LogP contribution is -2.47. The van der Waals surface area contributed by atoms with E-state index in [4.69, 9.17) is 4.43 Å². The third kappa shape index (κ3) is 3.56. The van der Waals surface area contributed by atoms with E-state index in [9.17, 15) is 4.79 Å². The van der Waals surface area contributed by atoms with Crippen molar-refractivity contribution in [2.24, 2.45) is 29.6 Å². The van der Waals surface area contributed by atoms with Gasteiger partial charge in [0.1, 0.15) is 5.78 Å². The summed E-state index contributed by atoms with van der Waals surface area (Å²) >= 11 is 0. The van der Waals surface area contributed by atoms with Gasteiger partial charge in [-0.15, -0.1) is 0 Å². The van der Waals surface area contributed by atoms with E-state index in [1.807, 2.05) is 0 Å². The Morgan fingerprint density at radius 1 is 1.23 bits per heavy atom. The van der Waals surface area contributed by atoms with Crippen molar-refractivity contribution >= 4 is 14.1 Å². The van der Waals surface area contributed by atoms with Crippen molar-refractivity contribution in [3.05, 3.63) is 12.2 Å². The molecule has 5 atom stereocenters. The highest BCUT2D eigenvalue weighted by atomic mass is 28.4. The van der Waals surface area contributed by atoms with E-state index in [1.54, 1.807) is 0 Å². The number of Topliss-reactive ketones (excluding diaryl/α,β-unsaturated/α-hetero) is 1. The number of carbonyl (C=O) groups excluding carboxylic acids is 1. The van der Waals surface area contributed by atoms with Crippen molar-refractivity contribution in [3.63, 3.8) is 0 Å². The van der Waals surface area contributed by atoms with Crippen LogP contribution in [0.3, 0.4) is 0 Å². The summed E-state index contributed by atoms with van der Waals surface area (Å²) < 4.78 is 6.48. The molecule has 3 heteroatoms. The van der Waals surface area contributed by atoms with Crippen LogP contribution in [0.2, 0.25) is 18.1 Å². The Labute approximate surface area is 137 Å². The summed E-state index contributed by atoms with van der Waals surface area (Å²) in [5, 5.41) is 0.227. The summed E-state index contributed by atoms with van der Waals surface area (Å²) in [5.74, 6) is 2.46. The Kier molecular flexibility index (Phi) is 5.08. The summed E-state index contributed by atoms with van der Waals surface area (Å²) in [7, 11) is -1.75. The molecule has 0 aromatic heterocycles. The summed E-state index contributed by atoms with van der Waals surface area (Å²) in [5.41, 5.74) is 0. The van der Waals surface area contributed by atoms with Crippen LogP contribution in [0.5, 0.6) is 0 Å². The molecule has 0 saturated heterocycles. The minimum atomic E-state index is -1.75. The van der Waals surface area contributed by atoms with Crippen LogP contribution in [0.4, 0.5) is 0 Å². The highest BCUT2D eigenvalue weighted by Gasteiger charge is 2.44. The van der Waals surface area contributed by atoms with Gasteiger partial charge in [-0.2, -0.15) is 0 Å². The van der Waals surface area contributed by atoms with Gasteiger partial charge in [0.25, 0.3) is 0 Å². The van der Waals surface area contributed by atoms with Gasteiger partial charge in [-0.05, 0) is 48.2 Å². The van der Waals surface area contributed by atoms with Gasteiger partial charge in [-0.25, -0.2) is 0 Å². The lowest BCUT2D eigenvalue weighted by atomic mass is 9.63. The molecule has 0 aromatic carbocycles. The number of rotatable bonds is 3. The fraction of sp³-hybridized carbons (Fsp3) is 0.842.